The van der Waals surface area contributed by atoms with Crippen molar-refractivity contribution in [3.05, 3.63) is 56.7 Å². The summed E-state index contributed by atoms with van der Waals surface area (Å²) >= 11 is 6.96. The van der Waals surface area contributed by atoms with Gasteiger partial charge < -0.3 is 14.9 Å². The number of thiophene rings is 1. The molecular weight excluding hydrogens is 368 g/mol. The van der Waals surface area contributed by atoms with Crippen LogP contribution in [0.25, 0.3) is 0 Å². The number of hydrogen-bond acceptors (Lipinski definition) is 6. The number of aromatic nitrogens is 3. The summed E-state index contributed by atoms with van der Waals surface area (Å²) in [6, 6.07) is 9.99. The zero-order valence-electron chi connectivity index (χ0n) is 14.8. The van der Waals surface area contributed by atoms with Gasteiger partial charge in [-0.15, -0.1) is 11.3 Å². The Morgan fingerprint density at radius 2 is 2.19 bits per heavy atom. The molecule has 2 aromatic heterocycles. The lowest BCUT2D eigenvalue weighted by molar-refractivity contribution is 0.287. The van der Waals surface area contributed by atoms with E-state index in [0.29, 0.717) is 23.7 Å². The molecule has 0 bridgehead atoms. The first-order chi connectivity index (χ1) is 12.7. The van der Waals surface area contributed by atoms with E-state index in [9.17, 15) is 0 Å². The predicted octanol–water partition coefficient (Wildman–Crippen LogP) is 4.29. The van der Waals surface area contributed by atoms with Crippen LogP contribution in [0.1, 0.15) is 29.6 Å². The van der Waals surface area contributed by atoms with Gasteiger partial charge in [0.25, 0.3) is 0 Å². The lowest BCUT2D eigenvalue weighted by Gasteiger charge is -2.13. The van der Waals surface area contributed by atoms with Crippen molar-refractivity contribution < 1.29 is 9.47 Å². The Labute approximate surface area is 161 Å². The van der Waals surface area contributed by atoms with Crippen LogP contribution in [0.3, 0.4) is 0 Å². The lowest BCUT2D eigenvalue weighted by atomic mass is 10.2. The minimum atomic E-state index is 0.538. The van der Waals surface area contributed by atoms with Gasteiger partial charge in [0.15, 0.2) is 17.3 Å². The number of aromatic amines is 1. The van der Waals surface area contributed by atoms with Gasteiger partial charge in [0.05, 0.1) is 13.7 Å². The van der Waals surface area contributed by atoms with Gasteiger partial charge in [-0.3, -0.25) is 5.10 Å². The molecule has 0 unspecified atom stereocenters. The molecule has 1 aromatic carbocycles. The van der Waals surface area contributed by atoms with Crippen LogP contribution >= 0.6 is 23.6 Å². The minimum Gasteiger partial charge on any atom is -0.493 e. The van der Waals surface area contributed by atoms with Crippen LogP contribution in [0, 0.1) is 4.77 Å². The average molecular weight is 391 g/mol. The molecule has 0 aliphatic rings. The lowest BCUT2D eigenvalue weighted by Crippen LogP contribution is -2.17. The predicted molar refractivity (Wildman–Crippen MR) is 106 cm³/mol. The highest BCUT2D eigenvalue weighted by Crippen LogP contribution is 2.29. The smallest absolute Gasteiger partial charge is 0.214 e. The molecule has 8 heteroatoms. The van der Waals surface area contributed by atoms with E-state index in [-0.39, 0.29) is 0 Å². The third-order valence-corrected chi connectivity index (χ3v) is 4.96. The Morgan fingerprint density at radius 3 is 2.92 bits per heavy atom. The molecule has 0 fully saturated rings. The van der Waals surface area contributed by atoms with Crippen molar-refractivity contribution in [2.24, 2.45) is 0 Å². The molecule has 3 aromatic rings. The molecule has 3 rings (SSSR count). The molecule has 0 saturated carbocycles. The Kier molecular flexibility index (Phi) is 6.30. The van der Waals surface area contributed by atoms with E-state index in [0.717, 1.165) is 30.0 Å². The number of H-pyrrole nitrogens is 1. The number of rotatable bonds is 9. The van der Waals surface area contributed by atoms with Crippen LogP contribution in [0.15, 0.2) is 35.7 Å². The molecule has 0 aliphatic carbocycles. The van der Waals surface area contributed by atoms with E-state index >= 15 is 0 Å². The van der Waals surface area contributed by atoms with Gasteiger partial charge in [-0.25, -0.2) is 4.68 Å². The number of benzene rings is 1. The van der Waals surface area contributed by atoms with Crippen molar-refractivity contribution in [3.8, 4) is 11.5 Å². The highest BCUT2D eigenvalue weighted by Gasteiger charge is 2.08. The molecule has 0 saturated heterocycles. The van der Waals surface area contributed by atoms with Crippen molar-refractivity contribution in [3.63, 3.8) is 0 Å². The van der Waals surface area contributed by atoms with Crippen molar-refractivity contribution in [1.82, 2.24) is 14.9 Å². The molecule has 2 N–H and O–H groups in total. The summed E-state index contributed by atoms with van der Waals surface area (Å²) in [4.78, 5) is 1.18. The standard InChI is InChI=1S/C18H22N4O2S2/c1-3-5-17-20-21-18(25)22(17)19-11-13-7-8-15(16(10-13)23-2)24-12-14-6-4-9-26-14/h4,6-10,19H,3,5,11-12H2,1-2H3,(H,21,25). The van der Waals surface area contributed by atoms with Crippen molar-refractivity contribution in [1.29, 1.82) is 0 Å². The van der Waals surface area contributed by atoms with Gasteiger partial charge in [-0.2, -0.15) is 5.10 Å². The zero-order chi connectivity index (χ0) is 18.4. The number of aryl methyl sites for hydroxylation is 1. The van der Waals surface area contributed by atoms with Gasteiger partial charge in [-0.05, 0) is 47.8 Å². The first kappa shape index (κ1) is 18.5. The Balaban J connectivity index is 1.67. The highest BCUT2D eigenvalue weighted by molar-refractivity contribution is 7.71. The first-order valence-electron chi connectivity index (χ1n) is 8.43. The van der Waals surface area contributed by atoms with E-state index < -0.39 is 0 Å². The Bertz CT molecular complexity index is 887. The monoisotopic (exact) mass is 390 g/mol. The van der Waals surface area contributed by atoms with Gasteiger partial charge >= 0.3 is 0 Å². The van der Waals surface area contributed by atoms with Crippen LogP contribution in [0.2, 0.25) is 0 Å². The number of nitrogens with one attached hydrogen (secondary N) is 2. The summed E-state index contributed by atoms with van der Waals surface area (Å²) in [7, 11) is 1.65. The van der Waals surface area contributed by atoms with Crippen LogP contribution in [-0.2, 0) is 19.6 Å². The summed E-state index contributed by atoms with van der Waals surface area (Å²) in [6.07, 6.45) is 1.87. The third-order valence-electron chi connectivity index (χ3n) is 3.83. The Hall–Kier alpha value is -2.32. The average Bonchev–Trinajstić information content (AvgIpc) is 3.29. The van der Waals surface area contributed by atoms with Crippen LogP contribution in [-0.4, -0.2) is 22.0 Å². The molecule has 0 aliphatic heterocycles. The van der Waals surface area contributed by atoms with Crippen LogP contribution in [0.5, 0.6) is 11.5 Å². The summed E-state index contributed by atoms with van der Waals surface area (Å²) in [5, 5.41) is 9.12. The molecule has 6 nitrogen and oxygen atoms in total. The number of ether oxygens (including phenoxy) is 2. The third kappa shape index (κ3) is 4.44. The molecule has 0 spiro atoms. The van der Waals surface area contributed by atoms with E-state index in [1.54, 1.807) is 18.4 Å². The largest absolute Gasteiger partial charge is 0.493 e. The fraction of sp³-hybridized carbons (Fsp3) is 0.333. The molecular formula is C18H22N4O2S2. The fourth-order valence-electron chi connectivity index (χ4n) is 2.54. The van der Waals surface area contributed by atoms with Gasteiger partial charge in [0.1, 0.15) is 6.61 Å². The second kappa shape index (κ2) is 8.86. The summed E-state index contributed by atoms with van der Waals surface area (Å²) in [5.74, 6) is 2.35. The zero-order valence-corrected chi connectivity index (χ0v) is 16.5. The van der Waals surface area contributed by atoms with E-state index in [1.165, 1.54) is 4.88 Å². The van der Waals surface area contributed by atoms with Crippen molar-refractivity contribution in [2.45, 2.75) is 32.9 Å². The molecule has 26 heavy (non-hydrogen) atoms. The number of nitrogens with zero attached hydrogens (tertiary/aromatic N) is 2. The molecule has 0 amide bonds. The topological polar surface area (TPSA) is 64.1 Å². The van der Waals surface area contributed by atoms with Gasteiger partial charge in [-0.1, -0.05) is 19.1 Å². The minimum absolute atomic E-state index is 0.538. The second-order valence-corrected chi connectivity index (χ2v) is 7.14. The summed E-state index contributed by atoms with van der Waals surface area (Å²) in [5.41, 5.74) is 4.38. The molecule has 0 radical (unpaired) electrons. The van der Waals surface area contributed by atoms with E-state index in [4.69, 9.17) is 21.7 Å². The normalized spacial score (nSPS) is 10.7. The summed E-state index contributed by atoms with van der Waals surface area (Å²) < 4.78 is 13.8. The summed E-state index contributed by atoms with van der Waals surface area (Å²) in [6.45, 7) is 3.25. The van der Waals surface area contributed by atoms with Crippen LogP contribution < -0.4 is 14.9 Å². The highest BCUT2D eigenvalue weighted by atomic mass is 32.1. The second-order valence-electron chi connectivity index (χ2n) is 5.72. The molecule has 2 heterocycles. The molecule has 0 atom stereocenters. The SMILES string of the molecule is CCCc1n[nH]c(=S)n1NCc1ccc(OCc2cccs2)c(OC)c1. The quantitative estimate of drug-likeness (QED) is 0.534. The van der Waals surface area contributed by atoms with Gasteiger partial charge in [0, 0.05) is 11.3 Å². The van der Waals surface area contributed by atoms with E-state index in [2.05, 4.69) is 28.6 Å². The molecule has 138 valence electrons. The van der Waals surface area contributed by atoms with Gasteiger partial charge in [0.2, 0.25) is 4.77 Å². The number of hydrogen-bond donors (Lipinski definition) is 2. The maximum Gasteiger partial charge on any atom is 0.214 e. The number of methoxy groups -OCH3 is 1. The fourth-order valence-corrected chi connectivity index (χ4v) is 3.37. The Morgan fingerprint density at radius 1 is 1.31 bits per heavy atom. The van der Waals surface area contributed by atoms with Crippen LogP contribution in [0.4, 0.5) is 0 Å². The van der Waals surface area contributed by atoms with E-state index in [1.807, 2.05) is 34.3 Å². The van der Waals surface area contributed by atoms with Crippen molar-refractivity contribution >= 4 is 23.6 Å². The van der Waals surface area contributed by atoms with Crippen molar-refractivity contribution in [2.75, 3.05) is 12.5 Å². The first-order valence-corrected chi connectivity index (χ1v) is 9.72. The maximum absolute atomic E-state index is 5.88. The maximum atomic E-state index is 5.88.